The number of benzene rings is 10. The molecular formula is C65H49N. The Morgan fingerprint density at radius 1 is 0.348 bits per heavy atom. The first kappa shape index (κ1) is 38.7. The van der Waals surface area contributed by atoms with E-state index in [1.54, 1.807) is 5.56 Å². The fourth-order valence-corrected chi connectivity index (χ4v) is 12.5. The third-order valence-electron chi connectivity index (χ3n) is 15.4. The molecule has 0 aromatic heterocycles. The molecule has 3 unspecified atom stereocenters. The molecule has 3 aliphatic carbocycles. The summed E-state index contributed by atoms with van der Waals surface area (Å²) in [5, 5.41) is 2.54. The third-order valence-corrected chi connectivity index (χ3v) is 15.4. The van der Waals surface area contributed by atoms with Crippen molar-refractivity contribution in [1.29, 1.82) is 0 Å². The molecule has 66 heavy (non-hydrogen) atoms. The zero-order valence-electron chi connectivity index (χ0n) is 36.9. The van der Waals surface area contributed by atoms with E-state index in [4.69, 9.17) is 0 Å². The Hall–Kier alpha value is -7.74. The molecule has 3 atom stereocenters. The summed E-state index contributed by atoms with van der Waals surface area (Å²) in [6.07, 6.45) is 5.36. The van der Waals surface area contributed by atoms with E-state index in [1.807, 2.05) is 0 Å². The quantitative estimate of drug-likeness (QED) is 0.147. The number of rotatable bonds is 8. The van der Waals surface area contributed by atoms with Crippen molar-refractivity contribution < 1.29 is 0 Å². The summed E-state index contributed by atoms with van der Waals surface area (Å²) in [5.74, 6) is 1.55. The maximum Gasteiger partial charge on any atom is 0.0540 e. The van der Waals surface area contributed by atoms with E-state index in [9.17, 15) is 0 Å². The predicted octanol–water partition coefficient (Wildman–Crippen LogP) is 17.7. The smallest absolute Gasteiger partial charge is 0.0540 e. The molecule has 0 radical (unpaired) electrons. The summed E-state index contributed by atoms with van der Waals surface area (Å²) in [7, 11) is 0. The van der Waals surface area contributed by atoms with Crippen LogP contribution in [0.15, 0.2) is 237 Å². The van der Waals surface area contributed by atoms with Gasteiger partial charge in [0.15, 0.2) is 0 Å². The molecule has 3 aliphatic rings. The summed E-state index contributed by atoms with van der Waals surface area (Å²) in [4.78, 5) is 2.51. The van der Waals surface area contributed by atoms with Crippen LogP contribution in [0.2, 0.25) is 0 Å². The molecule has 1 nitrogen and oxygen atoms in total. The number of anilines is 3. The zero-order valence-corrected chi connectivity index (χ0v) is 36.9. The van der Waals surface area contributed by atoms with Crippen LogP contribution in [0, 0.1) is 11.8 Å². The third kappa shape index (κ3) is 6.22. The SMILES string of the molecule is c1ccc(-c2ccccc2-c2ccccc2-c2ccccc2N(c2ccc(-c3ccc(-c4cccc5ccccc45)cc3)cc2)c2ccc3c(c2)-c2ccccc2C32CC3CCC2C3)cc1. The molecule has 1 spiro atoms. The van der Waals surface area contributed by atoms with Gasteiger partial charge in [-0.25, -0.2) is 0 Å². The van der Waals surface area contributed by atoms with Crippen molar-refractivity contribution in [2.45, 2.75) is 31.1 Å². The van der Waals surface area contributed by atoms with Crippen LogP contribution >= 0.6 is 0 Å². The molecule has 0 heterocycles. The molecule has 2 saturated carbocycles. The van der Waals surface area contributed by atoms with Gasteiger partial charge in [0.25, 0.3) is 0 Å². The molecule has 0 saturated heterocycles. The standard InChI is InChI=1S/C65H49N/c1-2-15-47(16-3-1)55-20-6-7-21-56(55)57-22-8-9-23-58(57)60-25-11-13-28-64(60)66(52-39-40-63-61(42-52)59-24-10-12-27-62(59)65(63)43-44-29-36-50(65)41-44)51-37-34-46(35-38-51)45-30-32-49(33-31-45)54-26-14-18-48-17-4-5-19-53(48)54/h1-28,30-35,37-40,42,44,50H,29,36,41,43H2. The van der Waals surface area contributed by atoms with Gasteiger partial charge in [-0.2, -0.15) is 0 Å². The minimum Gasteiger partial charge on any atom is -0.310 e. The van der Waals surface area contributed by atoms with Gasteiger partial charge in [0.05, 0.1) is 5.69 Å². The molecule has 10 aromatic carbocycles. The fourth-order valence-electron chi connectivity index (χ4n) is 12.5. The Labute approximate surface area is 388 Å². The highest BCUT2D eigenvalue weighted by Crippen LogP contribution is 2.66. The Morgan fingerprint density at radius 3 is 1.62 bits per heavy atom. The highest BCUT2D eigenvalue weighted by atomic mass is 15.1. The van der Waals surface area contributed by atoms with Crippen LogP contribution in [0.25, 0.3) is 77.5 Å². The Kier molecular flexibility index (Phi) is 9.24. The van der Waals surface area contributed by atoms with E-state index in [0.29, 0.717) is 0 Å². The van der Waals surface area contributed by atoms with Gasteiger partial charge in [0, 0.05) is 22.4 Å². The molecular weight excluding hydrogens is 795 g/mol. The minimum atomic E-state index is 0.131. The van der Waals surface area contributed by atoms with Gasteiger partial charge in [0.2, 0.25) is 0 Å². The van der Waals surface area contributed by atoms with Crippen molar-refractivity contribution in [1.82, 2.24) is 0 Å². The van der Waals surface area contributed by atoms with Gasteiger partial charge in [-0.15, -0.1) is 0 Å². The summed E-state index contributed by atoms with van der Waals surface area (Å²) in [6.45, 7) is 0. The average Bonchev–Trinajstić information content (AvgIpc) is 4.09. The second-order valence-electron chi connectivity index (χ2n) is 18.8. The van der Waals surface area contributed by atoms with Crippen LogP contribution in [0.3, 0.4) is 0 Å². The molecule has 314 valence electrons. The highest BCUT2D eigenvalue weighted by Gasteiger charge is 2.56. The maximum absolute atomic E-state index is 2.52. The molecule has 2 fully saturated rings. The maximum atomic E-state index is 2.52. The van der Waals surface area contributed by atoms with Crippen molar-refractivity contribution in [3.8, 4) is 66.8 Å². The number of nitrogens with zero attached hydrogens (tertiary/aromatic N) is 1. The van der Waals surface area contributed by atoms with Gasteiger partial charge >= 0.3 is 0 Å². The molecule has 0 N–H and O–H groups in total. The first-order chi connectivity index (χ1) is 32.7. The number of para-hydroxylation sites is 1. The molecule has 13 rings (SSSR count). The lowest BCUT2D eigenvalue weighted by Crippen LogP contribution is -2.31. The Bertz CT molecular complexity index is 3430. The van der Waals surface area contributed by atoms with E-state index in [-0.39, 0.29) is 5.41 Å². The Morgan fingerprint density at radius 2 is 0.879 bits per heavy atom. The van der Waals surface area contributed by atoms with E-state index < -0.39 is 0 Å². The first-order valence-corrected chi connectivity index (χ1v) is 23.8. The van der Waals surface area contributed by atoms with E-state index in [1.165, 1.54) is 114 Å². The monoisotopic (exact) mass is 843 g/mol. The lowest BCUT2D eigenvalue weighted by Gasteiger charge is -2.36. The van der Waals surface area contributed by atoms with E-state index >= 15 is 0 Å². The lowest BCUT2D eigenvalue weighted by molar-refractivity contribution is 0.327. The minimum absolute atomic E-state index is 0.131. The van der Waals surface area contributed by atoms with Crippen molar-refractivity contribution >= 4 is 27.8 Å². The van der Waals surface area contributed by atoms with Gasteiger partial charge in [-0.1, -0.05) is 213 Å². The molecule has 0 aliphatic heterocycles. The van der Waals surface area contributed by atoms with E-state index in [0.717, 1.165) is 23.2 Å². The molecule has 2 bridgehead atoms. The first-order valence-electron chi connectivity index (χ1n) is 23.8. The second-order valence-corrected chi connectivity index (χ2v) is 18.8. The van der Waals surface area contributed by atoms with Crippen LogP contribution < -0.4 is 4.90 Å². The van der Waals surface area contributed by atoms with Crippen molar-refractivity contribution in [3.63, 3.8) is 0 Å². The zero-order chi connectivity index (χ0) is 43.6. The van der Waals surface area contributed by atoms with Crippen molar-refractivity contribution in [2.24, 2.45) is 11.8 Å². The van der Waals surface area contributed by atoms with Crippen molar-refractivity contribution in [3.05, 3.63) is 248 Å². The topological polar surface area (TPSA) is 3.24 Å². The summed E-state index contributed by atoms with van der Waals surface area (Å²) in [6, 6.07) is 88.0. The van der Waals surface area contributed by atoms with Crippen molar-refractivity contribution in [2.75, 3.05) is 4.90 Å². The Balaban J connectivity index is 0.951. The fraction of sp³-hybridized carbons (Fsp3) is 0.108. The van der Waals surface area contributed by atoms with Crippen LogP contribution in [0.1, 0.15) is 36.8 Å². The lowest BCUT2D eigenvalue weighted by atomic mass is 9.67. The summed E-state index contributed by atoms with van der Waals surface area (Å²) in [5.41, 5.74) is 21.7. The van der Waals surface area contributed by atoms with E-state index in [2.05, 4.69) is 241 Å². The van der Waals surface area contributed by atoms with Crippen LogP contribution in [0.4, 0.5) is 17.1 Å². The normalized spacial score (nSPS) is 17.8. The summed E-state index contributed by atoms with van der Waals surface area (Å²) < 4.78 is 0. The van der Waals surface area contributed by atoms with Gasteiger partial charge < -0.3 is 4.90 Å². The van der Waals surface area contributed by atoms with Crippen LogP contribution in [-0.4, -0.2) is 0 Å². The van der Waals surface area contributed by atoms with Crippen LogP contribution in [-0.2, 0) is 5.41 Å². The number of fused-ring (bicyclic) bond motifs is 9. The number of hydrogen-bond donors (Lipinski definition) is 0. The van der Waals surface area contributed by atoms with Gasteiger partial charge in [0.1, 0.15) is 0 Å². The largest absolute Gasteiger partial charge is 0.310 e. The van der Waals surface area contributed by atoms with Crippen LogP contribution in [0.5, 0.6) is 0 Å². The highest BCUT2D eigenvalue weighted by molar-refractivity contribution is 5.99. The molecule has 1 heteroatoms. The second kappa shape index (κ2) is 15.8. The molecule has 10 aromatic rings. The van der Waals surface area contributed by atoms with Gasteiger partial charge in [-0.05, 0) is 145 Å². The number of hydrogen-bond acceptors (Lipinski definition) is 1. The van der Waals surface area contributed by atoms with Gasteiger partial charge in [-0.3, -0.25) is 0 Å². The predicted molar refractivity (Wildman–Crippen MR) is 277 cm³/mol. The summed E-state index contributed by atoms with van der Waals surface area (Å²) >= 11 is 0. The average molecular weight is 844 g/mol. The molecule has 0 amide bonds.